The zero-order valence-corrected chi connectivity index (χ0v) is 12.3. The van der Waals surface area contributed by atoms with E-state index in [1.807, 2.05) is 16.7 Å². The van der Waals surface area contributed by atoms with E-state index < -0.39 is 0 Å². The highest BCUT2D eigenvalue weighted by Crippen LogP contribution is 2.26. The van der Waals surface area contributed by atoms with E-state index >= 15 is 0 Å². The summed E-state index contributed by atoms with van der Waals surface area (Å²) < 4.78 is 1.83. The van der Waals surface area contributed by atoms with Gasteiger partial charge in [0, 0.05) is 37.1 Å². The first-order valence-corrected chi connectivity index (χ1v) is 7.70. The van der Waals surface area contributed by atoms with Gasteiger partial charge >= 0.3 is 0 Å². The number of imidazole rings is 1. The van der Waals surface area contributed by atoms with Crippen LogP contribution in [0.15, 0.2) is 24.5 Å². The predicted octanol–water partition coefficient (Wildman–Crippen LogP) is 1.14. The van der Waals surface area contributed by atoms with Crippen molar-refractivity contribution in [2.75, 3.05) is 19.6 Å². The Morgan fingerprint density at radius 1 is 1.45 bits per heavy atom. The molecule has 2 fully saturated rings. The second-order valence-corrected chi connectivity index (χ2v) is 6.27. The number of carbonyl (C=O) groups is 1. The Hall–Kier alpha value is -2.32. The van der Waals surface area contributed by atoms with Gasteiger partial charge in [-0.15, -0.1) is 6.42 Å². The lowest BCUT2D eigenvalue weighted by Gasteiger charge is -2.30. The molecule has 2 saturated heterocycles. The number of aromatic nitrogens is 2. The molecule has 0 spiro atoms. The minimum absolute atomic E-state index is 0.0275. The van der Waals surface area contributed by atoms with E-state index in [4.69, 9.17) is 6.42 Å². The van der Waals surface area contributed by atoms with Crippen molar-refractivity contribution in [2.45, 2.75) is 18.9 Å². The van der Waals surface area contributed by atoms with Crippen LogP contribution < -0.4 is 5.32 Å². The van der Waals surface area contributed by atoms with Gasteiger partial charge < -0.3 is 14.6 Å². The van der Waals surface area contributed by atoms with Gasteiger partial charge in [0.15, 0.2) is 0 Å². The second-order valence-electron chi connectivity index (χ2n) is 6.27. The Balaban J connectivity index is 1.51. The van der Waals surface area contributed by atoms with Gasteiger partial charge in [-0.3, -0.25) is 4.79 Å². The van der Waals surface area contributed by atoms with E-state index in [0.29, 0.717) is 16.9 Å². The van der Waals surface area contributed by atoms with Crippen LogP contribution in [0, 0.1) is 18.3 Å². The molecule has 3 atom stereocenters. The Morgan fingerprint density at radius 3 is 3.18 bits per heavy atom. The summed E-state index contributed by atoms with van der Waals surface area (Å²) in [5.41, 5.74) is 1.91. The van der Waals surface area contributed by atoms with Gasteiger partial charge in [0.2, 0.25) is 0 Å². The summed E-state index contributed by atoms with van der Waals surface area (Å²) in [7, 11) is 0. The van der Waals surface area contributed by atoms with Crippen LogP contribution in [0.1, 0.15) is 28.9 Å². The van der Waals surface area contributed by atoms with Crippen LogP contribution in [0.5, 0.6) is 0 Å². The van der Waals surface area contributed by atoms with E-state index in [2.05, 4.69) is 21.1 Å². The summed E-state index contributed by atoms with van der Waals surface area (Å²) in [6.45, 7) is 3.34. The van der Waals surface area contributed by atoms with E-state index in [1.165, 1.54) is 19.5 Å². The molecule has 5 heteroatoms. The molecule has 0 saturated carbocycles. The van der Waals surface area contributed by atoms with Crippen LogP contribution in [0.2, 0.25) is 0 Å². The van der Waals surface area contributed by atoms with Gasteiger partial charge in [-0.1, -0.05) is 0 Å². The predicted molar refractivity (Wildman–Crippen MR) is 83.5 cm³/mol. The number of hydrogen-bond donors (Lipinski definition) is 1. The molecule has 1 N–H and O–H groups in total. The van der Waals surface area contributed by atoms with Gasteiger partial charge in [0.1, 0.15) is 11.3 Å². The fraction of sp³-hybridized carbons (Fsp3) is 0.412. The largest absolute Gasteiger partial charge is 0.348 e. The normalized spacial score (nSPS) is 26.8. The number of nitrogens with zero attached hydrogens (tertiary/aromatic N) is 3. The van der Waals surface area contributed by atoms with Crippen LogP contribution in [-0.4, -0.2) is 45.9 Å². The monoisotopic (exact) mass is 294 g/mol. The smallest absolute Gasteiger partial charge is 0.251 e. The van der Waals surface area contributed by atoms with Crippen LogP contribution in [0.4, 0.5) is 0 Å². The van der Waals surface area contributed by atoms with Crippen LogP contribution in [0.3, 0.4) is 0 Å². The molecule has 2 aliphatic heterocycles. The topological polar surface area (TPSA) is 49.6 Å². The number of piperidine rings is 1. The van der Waals surface area contributed by atoms with Crippen LogP contribution in [-0.2, 0) is 0 Å². The fourth-order valence-corrected chi connectivity index (χ4v) is 3.63. The molecule has 0 radical (unpaired) electrons. The highest BCUT2D eigenvalue weighted by molar-refractivity contribution is 5.95. The van der Waals surface area contributed by atoms with E-state index in [-0.39, 0.29) is 11.9 Å². The molecule has 0 aliphatic carbocycles. The van der Waals surface area contributed by atoms with Crippen LogP contribution in [0.25, 0.3) is 5.65 Å². The molecule has 5 nitrogen and oxygen atoms in total. The summed E-state index contributed by atoms with van der Waals surface area (Å²) in [4.78, 5) is 19.2. The first-order chi connectivity index (χ1) is 10.7. The molecule has 22 heavy (non-hydrogen) atoms. The number of amides is 1. The zero-order valence-electron chi connectivity index (χ0n) is 12.3. The van der Waals surface area contributed by atoms with Crippen molar-refractivity contribution in [3.05, 3.63) is 35.8 Å². The maximum atomic E-state index is 12.5. The minimum atomic E-state index is -0.0275. The fourth-order valence-electron chi connectivity index (χ4n) is 3.63. The number of terminal acetylenes is 1. The summed E-state index contributed by atoms with van der Waals surface area (Å²) >= 11 is 0. The molecule has 2 aliphatic rings. The van der Waals surface area contributed by atoms with Crippen molar-refractivity contribution in [1.29, 1.82) is 0 Å². The summed E-state index contributed by atoms with van der Waals surface area (Å²) in [5, 5.41) is 3.16. The Labute approximate surface area is 129 Å². The molecular weight excluding hydrogens is 276 g/mol. The van der Waals surface area contributed by atoms with Crippen molar-refractivity contribution in [2.24, 2.45) is 5.92 Å². The quantitative estimate of drug-likeness (QED) is 0.845. The van der Waals surface area contributed by atoms with Gasteiger partial charge in [0.25, 0.3) is 5.91 Å². The Bertz CT molecular complexity index is 761. The molecule has 2 aromatic rings. The number of carbonyl (C=O) groups excluding carboxylic acids is 1. The van der Waals surface area contributed by atoms with Gasteiger partial charge in [0.05, 0.1) is 0 Å². The summed E-state index contributed by atoms with van der Waals surface area (Å²) in [6, 6.07) is 3.85. The molecule has 1 unspecified atom stereocenters. The standard InChI is InChI=1S/C17H18N4O/c1-2-14-11-21-6-4-13(8-16(21)18-14)17(22)19-15-7-12-3-5-20(9-12)10-15/h1,4,6,8,11-12,15H,3,5,7,9-10H2,(H,19,22)/t12-,15-/m1/s1. The third kappa shape index (κ3) is 2.36. The van der Waals surface area contributed by atoms with E-state index in [1.54, 1.807) is 12.3 Å². The molecule has 2 bridgehead atoms. The average molecular weight is 294 g/mol. The zero-order chi connectivity index (χ0) is 15.1. The first kappa shape index (κ1) is 13.4. The molecule has 4 heterocycles. The molecule has 0 aromatic carbocycles. The molecular formula is C17H18N4O. The lowest BCUT2D eigenvalue weighted by Crippen LogP contribution is -2.47. The summed E-state index contributed by atoms with van der Waals surface area (Å²) in [5.74, 6) is 3.22. The minimum Gasteiger partial charge on any atom is -0.348 e. The summed E-state index contributed by atoms with van der Waals surface area (Å²) in [6.07, 6.45) is 11.3. The highest BCUT2D eigenvalue weighted by atomic mass is 16.1. The van der Waals surface area contributed by atoms with Crippen molar-refractivity contribution >= 4 is 11.6 Å². The number of pyridine rings is 1. The van der Waals surface area contributed by atoms with Crippen LogP contribution >= 0.6 is 0 Å². The lowest BCUT2D eigenvalue weighted by molar-refractivity contribution is 0.0909. The average Bonchev–Trinajstić information content (AvgIpc) is 3.09. The maximum absolute atomic E-state index is 12.5. The van der Waals surface area contributed by atoms with Crippen molar-refractivity contribution in [1.82, 2.24) is 19.6 Å². The Kier molecular flexibility index (Phi) is 3.12. The number of fused-ring (bicyclic) bond motifs is 3. The van der Waals surface area contributed by atoms with Crippen molar-refractivity contribution < 1.29 is 4.79 Å². The number of nitrogens with one attached hydrogen (secondary N) is 1. The molecule has 112 valence electrons. The maximum Gasteiger partial charge on any atom is 0.251 e. The second kappa shape index (κ2) is 5.15. The SMILES string of the molecule is C#Cc1cn2ccc(C(=O)N[C@@H]3C[C@H]4CCN(C4)C3)cc2n1. The first-order valence-electron chi connectivity index (χ1n) is 7.70. The molecule has 1 amide bonds. The van der Waals surface area contributed by atoms with Gasteiger partial charge in [-0.2, -0.15) is 0 Å². The number of rotatable bonds is 2. The van der Waals surface area contributed by atoms with Gasteiger partial charge in [-0.25, -0.2) is 4.98 Å². The van der Waals surface area contributed by atoms with E-state index in [0.717, 1.165) is 18.9 Å². The third-order valence-electron chi connectivity index (χ3n) is 4.67. The van der Waals surface area contributed by atoms with Crippen molar-refractivity contribution in [3.8, 4) is 12.3 Å². The third-order valence-corrected chi connectivity index (χ3v) is 4.67. The van der Waals surface area contributed by atoms with E-state index in [9.17, 15) is 4.79 Å². The lowest BCUT2D eigenvalue weighted by atomic mass is 9.96. The molecule has 2 aromatic heterocycles. The molecule has 4 rings (SSSR count). The van der Waals surface area contributed by atoms with Gasteiger partial charge in [-0.05, 0) is 43.4 Å². The van der Waals surface area contributed by atoms with Crippen molar-refractivity contribution in [3.63, 3.8) is 0 Å². The Morgan fingerprint density at radius 2 is 2.36 bits per heavy atom. The number of hydrogen-bond acceptors (Lipinski definition) is 3. The highest BCUT2D eigenvalue weighted by Gasteiger charge is 2.32.